The molecule has 1 aromatic carbocycles. The van der Waals surface area contributed by atoms with Crippen LogP contribution in [-0.4, -0.2) is 28.5 Å². The van der Waals surface area contributed by atoms with Crippen molar-refractivity contribution in [2.75, 3.05) is 11.9 Å². The zero-order valence-electron chi connectivity index (χ0n) is 17.4. The van der Waals surface area contributed by atoms with E-state index in [2.05, 4.69) is 10.3 Å². The summed E-state index contributed by atoms with van der Waals surface area (Å²) in [6.07, 6.45) is 3.38. The van der Waals surface area contributed by atoms with Crippen LogP contribution in [0.3, 0.4) is 0 Å². The number of nitrogens with one attached hydrogen (secondary N) is 1. The van der Waals surface area contributed by atoms with Crippen LogP contribution in [0.1, 0.15) is 38.1 Å². The van der Waals surface area contributed by atoms with Gasteiger partial charge < -0.3 is 10.1 Å². The Morgan fingerprint density at radius 1 is 1.10 bits per heavy atom. The molecule has 6 nitrogen and oxygen atoms in total. The number of thiophene rings is 1. The fourth-order valence-electron chi connectivity index (χ4n) is 3.37. The quantitative estimate of drug-likeness (QED) is 0.428. The Labute approximate surface area is 183 Å². The summed E-state index contributed by atoms with van der Waals surface area (Å²) in [5.41, 5.74) is 3.96. The third kappa shape index (κ3) is 4.04. The highest BCUT2D eigenvalue weighted by molar-refractivity contribution is 7.16. The maximum absolute atomic E-state index is 13.4. The molecule has 7 heteroatoms. The molecule has 0 aliphatic rings. The van der Waals surface area contributed by atoms with Crippen LogP contribution in [0, 0.1) is 13.8 Å². The Morgan fingerprint density at radius 2 is 1.84 bits per heavy atom. The van der Waals surface area contributed by atoms with Crippen molar-refractivity contribution in [1.82, 2.24) is 9.97 Å². The van der Waals surface area contributed by atoms with Crippen molar-refractivity contribution in [3.63, 3.8) is 0 Å². The first-order chi connectivity index (χ1) is 15.0. The topological polar surface area (TPSA) is 81.2 Å². The molecule has 3 aromatic heterocycles. The molecular formula is C24H21N3O3S. The first kappa shape index (κ1) is 20.7. The van der Waals surface area contributed by atoms with Crippen LogP contribution in [0.25, 0.3) is 22.2 Å². The molecule has 0 aliphatic heterocycles. The van der Waals surface area contributed by atoms with Gasteiger partial charge in [0.15, 0.2) is 0 Å². The molecule has 0 bridgehead atoms. The summed E-state index contributed by atoms with van der Waals surface area (Å²) in [6.45, 7) is 5.80. The smallest absolute Gasteiger partial charge is 0.341 e. The molecule has 4 aromatic rings. The van der Waals surface area contributed by atoms with E-state index in [1.165, 1.54) is 11.3 Å². The minimum Gasteiger partial charge on any atom is -0.462 e. The van der Waals surface area contributed by atoms with Gasteiger partial charge in [-0.05, 0) is 50.6 Å². The summed E-state index contributed by atoms with van der Waals surface area (Å²) in [5, 5.41) is 4.16. The fourth-order valence-corrected chi connectivity index (χ4v) is 4.41. The normalized spacial score (nSPS) is 10.8. The second-order valence-corrected chi connectivity index (χ2v) is 8.19. The molecule has 156 valence electrons. The molecule has 1 N–H and O–H groups in total. The van der Waals surface area contributed by atoms with E-state index >= 15 is 0 Å². The number of pyridine rings is 2. The van der Waals surface area contributed by atoms with E-state index in [0.717, 1.165) is 21.4 Å². The van der Waals surface area contributed by atoms with Gasteiger partial charge in [0.25, 0.3) is 5.91 Å². The van der Waals surface area contributed by atoms with Gasteiger partial charge in [0, 0.05) is 28.2 Å². The average Bonchev–Trinajstić information content (AvgIpc) is 3.06. The Morgan fingerprint density at radius 3 is 2.58 bits per heavy atom. The SMILES string of the molecule is CCOC(=O)c1c(NC(=O)c2cc(-c3ccncc3)nc3ccccc23)sc(C)c1C. The highest BCUT2D eigenvalue weighted by Gasteiger charge is 2.23. The number of aromatic nitrogens is 2. The summed E-state index contributed by atoms with van der Waals surface area (Å²) in [4.78, 5) is 35.6. The van der Waals surface area contributed by atoms with Gasteiger partial charge in [0.05, 0.1) is 28.9 Å². The first-order valence-electron chi connectivity index (χ1n) is 9.88. The van der Waals surface area contributed by atoms with Crippen molar-refractivity contribution in [3.05, 3.63) is 76.4 Å². The predicted octanol–water partition coefficient (Wildman–Crippen LogP) is 5.40. The van der Waals surface area contributed by atoms with Gasteiger partial charge in [0.1, 0.15) is 5.00 Å². The number of aryl methyl sites for hydroxylation is 1. The van der Waals surface area contributed by atoms with Crippen molar-refractivity contribution in [3.8, 4) is 11.3 Å². The van der Waals surface area contributed by atoms with Gasteiger partial charge in [-0.15, -0.1) is 11.3 Å². The molecule has 0 saturated carbocycles. The highest BCUT2D eigenvalue weighted by Crippen LogP contribution is 2.34. The highest BCUT2D eigenvalue weighted by atomic mass is 32.1. The molecule has 0 unspecified atom stereocenters. The summed E-state index contributed by atoms with van der Waals surface area (Å²) in [5.74, 6) is -0.739. The molecule has 3 heterocycles. The second kappa shape index (κ2) is 8.65. The number of anilines is 1. The number of amides is 1. The van der Waals surface area contributed by atoms with E-state index in [-0.39, 0.29) is 12.5 Å². The fraction of sp³-hybridized carbons (Fsp3) is 0.167. The third-order valence-corrected chi connectivity index (χ3v) is 6.15. The lowest BCUT2D eigenvalue weighted by Gasteiger charge is -2.11. The van der Waals surface area contributed by atoms with Crippen LogP contribution in [0.2, 0.25) is 0 Å². The molecule has 0 saturated heterocycles. The van der Waals surface area contributed by atoms with Gasteiger partial charge in [-0.3, -0.25) is 9.78 Å². The van der Waals surface area contributed by atoms with Gasteiger partial charge in [-0.1, -0.05) is 18.2 Å². The van der Waals surface area contributed by atoms with Gasteiger partial charge in [-0.2, -0.15) is 0 Å². The van der Waals surface area contributed by atoms with Gasteiger partial charge in [-0.25, -0.2) is 9.78 Å². The average molecular weight is 432 g/mol. The van der Waals surface area contributed by atoms with Crippen LogP contribution in [0.4, 0.5) is 5.00 Å². The lowest BCUT2D eigenvalue weighted by Crippen LogP contribution is -2.15. The van der Waals surface area contributed by atoms with E-state index in [1.807, 2.05) is 50.2 Å². The number of carbonyl (C=O) groups excluding carboxylic acids is 2. The molecule has 1 amide bonds. The lowest BCUT2D eigenvalue weighted by molar-refractivity contribution is 0.0527. The molecule has 0 spiro atoms. The number of hydrogen-bond donors (Lipinski definition) is 1. The molecule has 31 heavy (non-hydrogen) atoms. The van der Waals surface area contributed by atoms with E-state index in [4.69, 9.17) is 9.72 Å². The molecule has 0 aliphatic carbocycles. The summed E-state index contributed by atoms with van der Waals surface area (Å²) in [6, 6.07) is 13.0. The van der Waals surface area contributed by atoms with E-state index < -0.39 is 5.97 Å². The number of carbonyl (C=O) groups is 2. The minimum atomic E-state index is -0.434. The molecule has 0 fully saturated rings. The zero-order valence-corrected chi connectivity index (χ0v) is 18.2. The number of hydrogen-bond acceptors (Lipinski definition) is 6. The summed E-state index contributed by atoms with van der Waals surface area (Å²) in [7, 11) is 0. The number of esters is 1. The predicted molar refractivity (Wildman–Crippen MR) is 123 cm³/mol. The number of fused-ring (bicyclic) bond motifs is 1. The second-order valence-electron chi connectivity index (χ2n) is 6.97. The maximum atomic E-state index is 13.4. The molecule has 0 atom stereocenters. The number of rotatable bonds is 5. The van der Waals surface area contributed by atoms with Crippen LogP contribution in [0.5, 0.6) is 0 Å². The van der Waals surface area contributed by atoms with Crippen LogP contribution in [0.15, 0.2) is 54.9 Å². The largest absolute Gasteiger partial charge is 0.462 e. The summed E-state index contributed by atoms with van der Waals surface area (Å²) >= 11 is 1.37. The Kier molecular flexibility index (Phi) is 5.77. The maximum Gasteiger partial charge on any atom is 0.341 e. The van der Waals surface area contributed by atoms with Crippen molar-refractivity contribution in [2.45, 2.75) is 20.8 Å². The molecule has 4 rings (SSSR count). The van der Waals surface area contributed by atoms with Gasteiger partial charge in [0.2, 0.25) is 0 Å². The van der Waals surface area contributed by atoms with Crippen LogP contribution < -0.4 is 5.32 Å². The number of nitrogens with zero attached hydrogens (tertiary/aromatic N) is 2. The summed E-state index contributed by atoms with van der Waals surface area (Å²) < 4.78 is 5.20. The van der Waals surface area contributed by atoms with E-state index in [9.17, 15) is 9.59 Å². The van der Waals surface area contributed by atoms with Crippen molar-refractivity contribution in [1.29, 1.82) is 0 Å². The zero-order chi connectivity index (χ0) is 22.0. The molecule has 0 radical (unpaired) electrons. The first-order valence-corrected chi connectivity index (χ1v) is 10.7. The lowest BCUT2D eigenvalue weighted by atomic mass is 10.0. The Bertz CT molecular complexity index is 1280. The number of para-hydroxylation sites is 1. The van der Waals surface area contributed by atoms with Gasteiger partial charge >= 0.3 is 5.97 Å². The monoisotopic (exact) mass is 431 g/mol. The minimum absolute atomic E-state index is 0.269. The van der Waals surface area contributed by atoms with Crippen molar-refractivity contribution >= 4 is 39.1 Å². The molecular weight excluding hydrogens is 410 g/mol. The van der Waals surface area contributed by atoms with Crippen LogP contribution in [-0.2, 0) is 4.74 Å². The number of benzene rings is 1. The number of ether oxygens (including phenoxy) is 1. The van der Waals surface area contributed by atoms with E-state index in [0.29, 0.717) is 27.3 Å². The third-order valence-electron chi connectivity index (χ3n) is 5.03. The van der Waals surface area contributed by atoms with E-state index in [1.54, 1.807) is 25.4 Å². The Balaban J connectivity index is 1.79. The standard InChI is InChI=1S/C24H21N3O3S/c1-4-30-24(29)21-14(2)15(3)31-23(21)27-22(28)18-13-20(16-9-11-25-12-10-16)26-19-8-6-5-7-17(18)19/h5-13H,4H2,1-3H3,(H,27,28). The van der Waals surface area contributed by atoms with Crippen LogP contribution >= 0.6 is 11.3 Å². The Hall–Kier alpha value is -3.58. The van der Waals surface area contributed by atoms with Crippen molar-refractivity contribution in [2.24, 2.45) is 0 Å². The van der Waals surface area contributed by atoms with Crippen molar-refractivity contribution < 1.29 is 14.3 Å².